The van der Waals surface area contributed by atoms with E-state index in [1.54, 1.807) is 13.3 Å². The molecule has 0 atom stereocenters. The van der Waals surface area contributed by atoms with E-state index in [1.165, 1.54) is 0 Å². The Morgan fingerprint density at radius 3 is 1.50 bits per heavy atom. The number of nitrogens with zero attached hydrogens (tertiary/aromatic N) is 1. The van der Waals surface area contributed by atoms with Crippen molar-refractivity contribution in [3.8, 4) is 0 Å². The van der Waals surface area contributed by atoms with Crippen molar-refractivity contribution in [3.05, 3.63) is 12.2 Å². The van der Waals surface area contributed by atoms with E-state index in [-0.39, 0.29) is 0 Å². The Balaban J connectivity index is -0.000000105. The molecule has 0 aromatic rings. The molecule has 0 saturated heterocycles. The SMILES string of the molecule is C/C=C\C=NC.CC.CC. The molecule has 0 radical (unpaired) electrons. The molecule has 10 heavy (non-hydrogen) atoms. The van der Waals surface area contributed by atoms with Crippen LogP contribution in [0.3, 0.4) is 0 Å². The summed E-state index contributed by atoms with van der Waals surface area (Å²) in [5.41, 5.74) is 0. The van der Waals surface area contributed by atoms with Gasteiger partial charge in [0.15, 0.2) is 0 Å². The fourth-order valence-electron chi connectivity index (χ4n) is 0.172. The minimum atomic E-state index is 1.75. The highest BCUT2D eigenvalue weighted by Gasteiger charge is 1.49. The first-order valence-corrected chi connectivity index (χ1v) is 3.95. The predicted molar refractivity (Wildman–Crippen MR) is 51.9 cm³/mol. The number of rotatable bonds is 1. The van der Waals surface area contributed by atoms with Crippen molar-refractivity contribution in [1.29, 1.82) is 0 Å². The van der Waals surface area contributed by atoms with Gasteiger partial charge in [-0.25, -0.2) is 0 Å². The molecule has 0 aliphatic carbocycles. The van der Waals surface area contributed by atoms with Gasteiger partial charge in [0.1, 0.15) is 0 Å². The van der Waals surface area contributed by atoms with E-state index in [4.69, 9.17) is 0 Å². The Morgan fingerprint density at radius 1 is 1.00 bits per heavy atom. The molecule has 0 N–H and O–H groups in total. The molecule has 1 heteroatoms. The maximum Gasteiger partial charge on any atom is 0.0277 e. The average molecular weight is 143 g/mol. The zero-order valence-electron chi connectivity index (χ0n) is 8.18. The van der Waals surface area contributed by atoms with Gasteiger partial charge in [-0.15, -0.1) is 0 Å². The van der Waals surface area contributed by atoms with Gasteiger partial charge >= 0.3 is 0 Å². The quantitative estimate of drug-likeness (QED) is 0.499. The van der Waals surface area contributed by atoms with Crippen molar-refractivity contribution in [1.82, 2.24) is 0 Å². The summed E-state index contributed by atoms with van der Waals surface area (Å²) in [6, 6.07) is 0. The van der Waals surface area contributed by atoms with Crippen LogP contribution in [0.25, 0.3) is 0 Å². The first kappa shape index (κ1) is 16.2. The minimum Gasteiger partial charge on any atom is -0.297 e. The Kier molecular flexibility index (Phi) is 64.3. The lowest BCUT2D eigenvalue weighted by atomic mass is 10.6. The van der Waals surface area contributed by atoms with Crippen molar-refractivity contribution in [2.24, 2.45) is 4.99 Å². The molecule has 0 fully saturated rings. The van der Waals surface area contributed by atoms with Crippen molar-refractivity contribution in [2.45, 2.75) is 34.6 Å². The van der Waals surface area contributed by atoms with Gasteiger partial charge in [0, 0.05) is 13.3 Å². The highest BCUT2D eigenvalue weighted by molar-refractivity contribution is 5.70. The summed E-state index contributed by atoms with van der Waals surface area (Å²) in [6.45, 7) is 9.96. The molecule has 0 spiro atoms. The van der Waals surface area contributed by atoms with E-state index in [0.29, 0.717) is 0 Å². The summed E-state index contributed by atoms with van der Waals surface area (Å²) in [4.78, 5) is 3.71. The van der Waals surface area contributed by atoms with Crippen LogP contribution < -0.4 is 0 Å². The molecule has 1 nitrogen and oxygen atoms in total. The van der Waals surface area contributed by atoms with E-state index in [1.807, 2.05) is 46.8 Å². The Bertz CT molecular complexity index is 53.1. The summed E-state index contributed by atoms with van der Waals surface area (Å²) in [5.74, 6) is 0. The minimum absolute atomic E-state index is 1.75. The fraction of sp³-hybridized carbons (Fsp3) is 0.667. The zero-order valence-corrected chi connectivity index (χ0v) is 8.18. The van der Waals surface area contributed by atoms with Crippen LogP contribution in [0.15, 0.2) is 17.1 Å². The highest BCUT2D eigenvalue weighted by atomic mass is 14.6. The van der Waals surface area contributed by atoms with Gasteiger partial charge in [-0.05, 0) is 13.0 Å². The van der Waals surface area contributed by atoms with Crippen LogP contribution in [-0.4, -0.2) is 13.3 Å². The monoisotopic (exact) mass is 143 g/mol. The van der Waals surface area contributed by atoms with Crippen LogP contribution in [0.2, 0.25) is 0 Å². The van der Waals surface area contributed by atoms with Crippen molar-refractivity contribution >= 4 is 6.21 Å². The van der Waals surface area contributed by atoms with Gasteiger partial charge in [-0.3, -0.25) is 4.99 Å². The zero-order chi connectivity index (χ0) is 8.83. The fourth-order valence-corrected chi connectivity index (χ4v) is 0.172. The van der Waals surface area contributed by atoms with Crippen molar-refractivity contribution in [3.63, 3.8) is 0 Å². The van der Waals surface area contributed by atoms with Gasteiger partial charge in [0.2, 0.25) is 0 Å². The third kappa shape index (κ3) is 52.4. The maximum atomic E-state index is 3.71. The molecule has 62 valence electrons. The van der Waals surface area contributed by atoms with E-state index < -0.39 is 0 Å². The first-order chi connectivity index (χ1) is 4.91. The molecule has 0 aliphatic rings. The van der Waals surface area contributed by atoms with E-state index in [2.05, 4.69) is 4.99 Å². The highest BCUT2D eigenvalue weighted by Crippen LogP contribution is 1.60. The molecule has 0 heterocycles. The number of aliphatic imine (C=N–C) groups is 1. The molecule has 0 aromatic heterocycles. The van der Waals surface area contributed by atoms with Crippen LogP contribution >= 0.6 is 0 Å². The Hall–Kier alpha value is -0.590. The normalized spacial score (nSPS) is 8.20. The summed E-state index contributed by atoms with van der Waals surface area (Å²) in [7, 11) is 1.75. The first-order valence-electron chi connectivity index (χ1n) is 3.95. The average Bonchev–Trinajstić information content (AvgIpc) is 2.08. The number of allylic oxidation sites excluding steroid dienone is 2. The lowest BCUT2D eigenvalue weighted by molar-refractivity contribution is 1.47. The molecule has 0 unspecified atom stereocenters. The molecule has 0 bridgehead atoms. The van der Waals surface area contributed by atoms with Crippen LogP contribution in [0, 0.1) is 0 Å². The number of hydrogen-bond donors (Lipinski definition) is 0. The standard InChI is InChI=1S/C5H9N.2C2H6/c1-3-4-5-6-2;2*1-2/h3-5H,1-2H3;2*1-2H3/b4-3-,6-5?;;. The largest absolute Gasteiger partial charge is 0.297 e. The smallest absolute Gasteiger partial charge is 0.0277 e. The molecule has 0 rings (SSSR count). The summed E-state index contributed by atoms with van der Waals surface area (Å²) < 4.78 is 0. The van der Waals surface area contributed by atoms with Crippen LogP contribution in [0.4, 0.5) is 0 Å². The molecular weight excluding hydrogens is 122 g/mol. The lowest BCUT2D eigenvalue weighted by Gasteiger charge is -1.63. The topological polar surface area (TPSA) is 12.4 Å². The van der Waals surface area contributed by atoms with Crippen LogP contribution in [0.1, 0.15) is 34.6 Å². The second-order valence-corrected chi connectivity index (χ2v) is 0.933. The maximum absolute atomic E-state index is 3.71. The van der Waals surface area contributed by atoms with E-state index in [9.17, 15) is 0 Å². The van der Waals surface area contributed by atoms with Gasteiger partial charge in [0.05, 0.1) is 0 Å². The summed E-state index contributed by atoms with van der Waals surface area (Å²) in [5, 5.41) is 0. The van der Waals surface area contributed by atoms with Gasteiger partial charge in [-0.2, -0.15) is 0 Å². The molecule has 0 saturated carbocycles. The van der Waals surface area contributed by atoms with Crippen molar-refractivity contribution < 1.29 is 0 Å². The second-order valence-electron chi connectivity index (χ2n) is 0.933. The van der Waals surface area contributed by atoms with Gasteiger partial charge in [0.25, 0.3) is 0 Å². The Labute approximate surface area is 65.9 Å². The van der Waals surface area contributed by atoms with Gasteiger partial charge < -0.3 is 0 Å². The van der Waals surface area contributed by atoms with E-state index in [0.717, 1.165) is 0 Å². The molecule has 0 aromatic carbocycles. The van der Waals surface area contributed by atoms with E-state index >= 15 is 0 Å². The third-order valence-electron chi connectivity index (χ3n) is 0.428. The second kappa shape index (κ2) is 39.7. The number of hydrogen-bond acceptors (Lipinski definition) is 1. The Morgan fingerprint density at radius 2 is 1.40 bits per heavy atom. The van der Waals surface area contributed by atoms with Crippen LogP contribution in [-0.2, 0) is 0 Å². The lowest BCUT2D eigenvalue weighted by Crippen LogP contribution is -1.56. The summed E-state index contributed by atoms with van der Waals surface area (Å²) >= 11 is 0. The molecule has 0 amide bonds. The van der Waals surface area contributed by atoms with Gasteiger partial charge in [-0.1, -0.05) is 33.8 Å². The molecular formula is C9H21N. The predicted octanol–water partition coefficient (Wildman–Crippen LogP) is 3.32. The summed E-state index contributed by atoms with van der Waals surface area (Å²) in [6.07, 6.45) is 5.58. The molecule has 0 aliphatic heterocycles. The van der Waals surface area contributed by atoms with Crippen molar-refractivity contribution in [2.75, 3.05) is 7.05 Å². The van der Waals surface area contributed by atoms with Crippen LogP contribution in [0.5, 0.6) is 0 Å². The third-order valence-corrected chi connectivity index (χ3v) is 0.428.